The number of hydrogen-bond donors (Lipinski definition) is 0. The lowest BCUT2D eigenvalue weighted by atomic mass is 10.0. The molecule has 0 aliphatic carbocycles. The Morgan fingerprint density at radius 1 is 1.11 bits per heavy atom. The Bertz CT molecular complexity index is 1530. The maximum Gasteiger partial charge on any atom is 0.260 e. The minimum absolute atomic E-state index is 0.209. The fraction of sp³-hybridized carbons (Fsp3) is 0.345. The molecular weight excluding hydrogens is 516 g/mol. The summed E-state index contributed by atoms with van der Waals surface area (Å²) in [6, 6.07) is 18.0. The molecule has 9 heteroatoms. The van der Waals surface area contributed by atoms with Crippen molar-refractivity contribution >= 4 is 42.6 Å². The third-order valence-electron chi connectivity index (χ3n) is 6.94. The zero-order valence-electron chi connectivity index (χ0n) is 21.9. The van der Waals surface area contributed by atoms with E-state index in [1.807, 2.05) is 30.3 Å². The molecule has 38 heavy (non-hydrogen) atoms. The Labute approximate surface area is 228 Å². The van der Waals surface area contributed by atoms with Crippen molar-refractivity contribution in [3.63, 3.8) is 0 Å². The first-order valence-corrected chi connectivity index (χ1v) is 15.2. The minimum Gasteiger partial charge on any atom is -0.278 e. The van der Waals surface area contributed by atoms with Gasteiger partial charge in [-0.1, -0.05) is 50.3 Å². The second kappa shape index (κ2) is 10.9. The van der Waals surface area contributed by atoms with Crippen molar-refractivity contribution < 1.29 is 13.2 Å². The van der Waals surface area contributed by atoms with Crippen LogP contribution in [0.25, 0.3) is 10.2 Å². The van der Waals surface area contributed by atoms with Gasteiger partial charge in [-0.3, -0.25) is 14.7 Å². The molecule has 1 saturated heterocycles. The van der Waals surface area contributed by atoms with Gasteiger partial charge in [0.05, 0.1) is 27.4 Å². The van der Waals surface area contributed by atoms with Crippen LogP contribution in [0.2, 0.25) is 0 Å². The van der Waals surface area contributed by atoms with E-state index in [0.29, 0.717) is 35.6 Å². The highest BCUT2D eigenvalue weighted by Gasteiger charge is 2.29. The Balaban J connectivity index is 1.48. The molecule has 0 spiro atoms. The molecule has 4 aromatic rings. The molecule has 1 atom stereocenters. The number of carbonyl (C=O) groups excluding carboxylic acids is 1. The van der Waals surface area contributed by atoms with Crippen molar-refractivity contribution in [3.8, 4) is 0 Å². The van der Waals surface area contributed by atoms with E-state index < -0.39 is 10.0 Å². The predicted molar refractivity (Wildman–Crippen MR) is 152 cm³/mol. The van der Waals surface area contributed by atoms with Gasteiger partial charge in [-0.2, -0.15) is 4.31 Å². The number of para-hydroxylation sites is 1. The molecule has 2 aromatic carbocycles. The highest BCUT2D eigenvalue weighted by Crippen LogP contribution is 2.35. The van der Waals surface area contributed by atoms with Crippen LogP contribution in [0.5, 0.6) is 0 Å². The van der Waals surface area contributed by atoms with Crippen molar-refractivity contribution in [2.75, 3.05) is 18.0 Å². The molecule has 1 aliphatic rings. The summed E-state index contributed by atoms with van der Waals surface area (Å²) in [6.45, 7) is 7.64. The molecule has 5 rings (SSSR count). The highest BCUT2D eigenvalue weighted by molar-refractivity contribution is 7.89. The number of aromatic nitrogens is 2. The molecule has 1 aliphatic heterocycles. The first-order chi connectivity index (χ1) is 18.2. The van der Waals surface area contributed by atoms with E-state index in [9.17, 15) is 13.2 Å². The number of piperidine rings is 1. The first-order valence-electron chi connectivity index (χ1n) is 13.0. The third kappa shape index (κ3) is 5.36. The summed E-state index contributed by atoms with van der Waals surface area (Å²) < 4.78 is 29.0. The van der Waals surface area contributed by atoms with E-state index in [4.69, 9.17) is 4.98 Å². The SMILES string of the molecule is CC1CCCN(S(=O)(=O)c2ccc(C(=O)N(Cc3ccccn3)c3nc4c(C(C)C)cccc4s3)cc2)C1. The molecule has 0 saturated carbocycles. The maximum absolute atomic E-state index is 13.9. The fourth-order valence-electron chi connectivity index (χ4n) is 4.86. The van der Waals surface area contributed by atoms with Crippen LogP contribution < -0.4 is 4.90 Å². The van der Waals surface area contributed by atoms with Crippen LogP contribution in [0.3, 0.4) is 0 Å². The Morgan fingerprint density at radius 3 is 2.58 bits per heavy atom. The second-order valence-corrected chi connectivity index (χ2v) is 13.1. The van der Waals surface area contributed by atoms with Crippen LogP contribution in [0.4, 0.5) is 5.13 Å². The summed E-state index contributed by atoms with van der Waals surface area (Å²) in [6.07, 6.45) is 3.60. The van der Waals surface area contributed by atoms with Crippen LogP contribution in [-0.2, 0) is 16.6 Å². The largest absolute Gasteiger partial charge is 0.278 e. The molecule has 1 fully saturated rings. The quantitative estimate of drug-likeness (QED) is 0.279. The lowest BCUT2D eigenvalue weighted by Crippen LogP contribution is -2.39. The van der Waals surface area contributed by atoms with Gasteiger partial charge < -0.3 is 0 Å². The number of hydrogen-bond acceptors (Lipinski definition) is 6. The number of sulfonamides is 1. The predicted octanol–water partition coefficient (Wildman–Crippen LogP) is 6.08. The molecule has 1 amide bonds. The van der Waals surface area contributed by atoms with Gasteiger partial charge in [0.15, 0.2) is 5.13 Å². The Kier molecular flexibility index (Phi) is 7.61. The summed E-state index contributed by atoms with van der Waals surface area (Å²) in [7, 11) is -3.60. The van der Waals surface area contributed by atoms with Crippen molar-refractivity contribution in [1.29, 1.82) is 0 Å². The Morgan fingerprint density at radius 2 is 1.89 bits per heavy atom. The molecule has 1 unspecified atom stereocenters. The normalized spacial score (nSPS) is 16.7. The highest BCUT2D eigenvalue weighted by atomic mass is 32.2. The third-order valence-corrected chi connectivity index (χ3v) is 9.86. The number of pyridine rings is 1. The topological polar surface area (TPSA) is 83.5 Å². The van der Waals surface area contributed by atoms with E-state index in [-0.39, 0.29) is 17.3 Å². The number of anilines is 1. The Hall–Kier alpha value is -3.14. The van der Waals surface area contributed by atoms with E-state index in [1.54, 1.807) is 27.5 Å². The lowest BCUT2D eigenvalue weighted by Gasteiger charge is -2.30. The number of nitrogens with zero attached hydrogens (tertiary/aromatic N) is 4. The summed E-state index contributed by atoms with van der Waals surface area (Å²) >= 11 is 1.47. The standard InChI is InChI=1S/C29H32N4O3S2/c1-20(2)25-10-6-11-26-27(25)31-29(37-26)33(19-23-9-4-5-16-30-23)28(34)22-12-14-24(15-13-22)38(35,36)32-17-7-8-21(3)18-32/h4-6,9-16,20-21H,7-8,17-19H2,1-3H3. The van der Waals surface area contributed by atoms with Gasteiger partial charge in [0.1, 0.15) is 0 Å². The average Bonchev–Trinajstić information content (AvgIpc) is 3.36. The van der Waals surface area contributed by atoms with Crippen LogP contribution in [0, 0.1) is 5.92 Å². The maximum atomic E-state index is 13.9. The van der Waals surface area contributed by atoms with Gasteiger partial charge in [0, 0.05) is 24.8 Å². The van der Waals surface area contributed by atoms with Gasteiger partial charge in [-0.15, -0.1) is 0 Å². The van der Waals surface area contributed by atoms with Crippen LogP contribution >= 0.6 is 11.3 Å². The number of rotatable bonds is 7. The monoisotopic (exact) mass is 548 g/mol. The van der Waals surface area contributed by atoms with Gasteiger partial charge in [0.25, 0.3) is 5.91 Å². The van der Waals surface area contributed by atoms with E-state index in [1.165, 1.54) is 23.5 Å². The van der Waals surface area contributed by atoms with Gasteiger partial charge in [0.2, 0.25) is 10.0 Å². The van der Waals surface area contributed by atoms with Gasteiger partial charge in [-0.05, 0) is 72.7 Å². The van der Waals surface area contributed by atoms with E-state index in [2.05, 4.69) is 31.8 Å². The minimum atomic E-state index is -3.60. The number of fused-ring (bicyclic) bond motifs is 1. The van der Waals surface area contributed by atoms with E-state index in [0.717, 1.165) is 34.3 Å². The number of thiazole rings is 1. The number of carbonyl (C=O) groups is 1. The van der Waals surface area contributed by atoms with Crippen molar-refractivity contribution in [1.82, 2.24) is 14.3 Å². The van der Waals surface area contributed by atoms with Crippen molar-refractivity contribution in [2.24, 2.45) is 5.92 Å². The smallest absolute Gasteiger partial charge is 0.260 e. The summed E-state index contributed by atoms with van der Waals surface area (Å²) in [5, 5.41) is 0.586. The second-order valence-electron chi connectivity index (χ2n) is 10.2. The van der Waals surface area contributed by atoms with Crippen LogP contribution in [-0.4, -0.2) is 41.7 Å². The fourth-order valence-corrected chi connectivity index (χ4v) is 7.45. The zero-order valence-corrected chi connectivity index (χ0v) is 23.5. The number of amides is 1. The molecule has 3 heterocycles. The lowest BCUT2D eigenvalue weighted by molar-refractivity contribution is 0.0984. The average molecular weight is 549 g/mol. The molecule has 198 valence electrons. The molecule has 0 radical (unpaired) electrons. The number of benzene rings is 2. The molecule has 2 aromatic heterocycles. The molecular formula is C29H32N4O3S2. The molecule has 7 nitrogen and oxygen atoms in total. The summed E-state index contributed by atoms with van der Waals surface area (Å²) in [4.78, 5) is 25.0. The van der Waals surface area contributed by atoms with E-state index >= 15 is 0 Å². The van der Waals surface area contributed by atoms with Crippen molar-refractivity contribution in [3.05, 3.63) is 83.7 Å². The molecule has 0 N–H and O–H groups in total. The van der Waals surface area contributed by atoms with Crippen molar-refractivity contribution in [2.45, 2.75) is 51.0 Å². The molecule has 0 bridgehead atoms. The first kappa shape index (κ1) is 26.5. The van der Waals surface area contributed by atoms with Crippen LogP contribution in [0.15, 0.2) is 71.8 Å². The summed E-state index contributed by atoms with van der Waals surface area (Å²) in [5.41, 5.74) is 3.17. The zero-order chi connectivity index (χ0) is 26.9. The van der Waals surface area contributed by atoms with Gasteiger partial charge in [-0.25, -0.2) is 13.4 Å². The summed E-state index contributed by atoms with van der Waals surface area (Å²) in [5.74, 6) is 0.381. The van der Waals surface area contributed by atoms with Gasteiger partial charge >= 0.3 is 0 Å². The van der Waals surface area contributed by atoms with Crippen LogP contribution in [0.1, 0.15) is 61.1 Å².